The highest BCUT2D eigenvalue weighted by atomic mass is 16.5. The molecule has 2 saturated heterocycles. The molecule has 2 aliphatic rings. The lowest BCUT2D eigenvalue weighted by Gasteiger charge is -2.28. The largest absolute Gasteiger partial charge is 0.378 e. The quantitative estimate of drug-likeness (QED) is 0.449. The van der Waals surface area contributed by atoms with Crippen LogP contribution in [0.5, 0.6) is 0 Å². The summed E-state index contributed by atoms with van der Waals surface area (Å²) in [7, 11) is 0. The fraction of sp³-hybridized carbons (Fsp3) is 0.370. The van der Waals surface area contributed by atoms with E-state index in [-0.39, 0.29) is 6.10 Å². The van der Waals surface area contributed by atoms with Crippen LogP contribution in [0.4, 0.5) is 5.69 Å². The Morgan fingerprint density at radius 3 is 2.44 bits per heavy atom. The second-order valence-electron chi connectivity index (χ2n) is 9.33. The fourth-order valence-electron chi connectivity index (χ4n) is 5.12. The Labute approximate surface area is 207 Å². The molecule has 0 saturated carbocycles. The molecular weight excluding hydrogens is 458 g/mol. The normalized spacial score (nSPS) is 18.2. The molecule has 1 atom stereocenters. The SMILES string of the molecule is O=c1[nH]c(=O)n(Cc2ccccc2)c2nc(-c3ccc(N4CCOCC4)cc3)n(C[C@@H]3CCCO3)c12. The van der Waals surface area contributed by atoms with E-state index in [9.17, 15) is 9.59 Å². The molecule has 36 heavy (non-hydrogen) atoms. The number of fused-ring (bicyclic) bond motifs is 1. The average molecular weight is 488 g/mol. The summed E-state index contributed by atoms with van der Waals surface area (Å²) in [6.45, 7) is 4.70. The van der Waals surface area contributed by atoms with Crippen LogP contribution in [-0.4, -0.2) is 58.1 Å². The van der Waals surface area contributed by atoms with E-state index in [0.29, 0.717) is 30.1 Å². The number of hydrogen-bond acceptors (Lipinski definition) is 6. The first kappa shape index (κ1) is 22.8. The maximum Gasteiger partial charge on any atom is 0.330 e. The van der Waals surface area contributed by atoms with E-state index in [4.69, 9.17) is 14.5 Å². The zero-order valence-electron chi connectivity index (χ0n) is 20.1. The molecule has 9 nitrogen and oxygen atoms in total. The van der Waals surface area contributed by atoms with Crippen LogP contribution in [-0.2, 0) is 22.6 Å². The van der Waals surface area contributed by atoms with Gasteiger partial charge in [0.25, 0.3) is 5.56 Å². The number of aromatic nitrogens is 4. The monoisotopic (exact) mass is 487 g/mol. The Morgan fingerprint density at radius 1 is 0.944 bits per heavy atom. The van der Waals surface area contributed by atoms with Crippen molar-refractivity contribution >= 4 is 16.9 Å². The van der Waals surface area contributed by atoms with Gasteiger partial charge in [0.1, 0.15) is 5.82 Å². The van der Waals surface area contributed by atoms with Gasteiger partial charge in [-0.15, -0.1) is 0 Å². The zero-order valence-corrected chi connectivity index (χ0v) is 20.1. The number of anilines is 1. The van der Waals surface area contributed by atoms with Crippen molar-refractivity contribution in [3.05, 3.63) is 81.0 Å². The van der Waals surface area contributed by atoms with Crippen molar-refractivity contribution in [2.45, 2.75) is 32.0 Å². The molecular formula is C27H29N5O4. The number of benzene rings is 2. The standard InChI is InChI=1S/C27H29N5O4/c33-26-23-25(32(27(34)29-26)17-19-5-2-1-3-6-19)28-24(31(23)18-22-7-4-14-36-22)20-8-10-21(11-9-20)30-12-15-35-16-13-30/h1-3,5-6,8-11,22H,4,7,12-18H2,(H,29,33,34)/t22-/m0/s1. The first-order valence-corrected chi connectivity index (χ1v) is 12.5. The molecule has 186 valence electrons. The van der Waals surface area contributed by atoms with E-state index in [1.165, 1.54) is 0 Å². The second-order valence-corrected chi connectivity index (χ2v) is 9.33. The van der Waals surface area contributed by atoms with Crippen LogP contribution in [0.25, 0.3) is 22.6 Å². The Balaban J connectivity index is 1.47. The minimum absolute atomic E-state index is 0.00248. The molecule has 4 heterocycles. The van der Waals surface area contributed by atoms with Gasteiger partial charge >= 0.3 is 5.69 Å². The fourth-order valence-corrected chi connectivity index (χ4v) is 5.12. The van der Waals surface area contributed by atoms with Crippen LogP contribution < -0.4 is 16.1 Å². The van der Waals surface area contributed by atoms with Gasteiger partial charge < -0.3 is 18.9 Å². The molecule has 2 fully saturated rings. The Kier molecular flexibility index (Phi) is 6.16. The molecule has 1 N–H and O–H groups in total. The van der Waals surface area contributed by atoms with Crippen molar-refractivity contribution in [1.29, 1.82) is 0 Å². The van der Waals surface area contributed by atoms with Crippen LogP contribution in [0.3, 0.4) is 0 Å². The predicted octanol–water partition coefficient (Wildman–Crippen LogP) is 2.62. The number of ether oxygens (including phenoxy) is 2. The van der Waals surface area contributed by atoms with Gasteiger partial charge in [-0.2, -0.15) is 0 Å². The van der Waals surface area contributed by atoms with Crippen molar-refractivity contribution < 1.29 is 9.47 Å². The van der Waals surface area contributed by atoms with Gasteiger partial charge in [-0.3, -0.25) is 14.3 Å². The molecule has 2 aromatic heterocycles. The van der Waals surface area contributed by atoms with Crippen molar-refractivity contribution in [2.75, 3.05) is 37.8 Å². The van der Waals surface area contributed by atoms with Gasteiger partial charge in [-0.25, -0.2) is 9.78 Å². The second kappa shape index (κ2) is 9.75. The van der Waals surface area contributed by atoms with Gasteiger partial charge in [0.2, 0.25) is 0 Å². The number of hydrogen-bond donors (Lipinski definition) is 1. The van der Waals surface area contributed by atoms with Crippen molar-refractivity contribution in [3.63, 3.8) is 0 Å². The minimum Gasteiger partial charge on any atom is -0.378 e. The number of imidazole rings is 1. The Hall–Kier alpha value is -3.69. The molecule has 0 aliphatic carbocycles. The summed E-state index contributed by atoms with van der Waals surface area (Å²) < 4.78 is 14.9. The summed E-state index contributed by atoms with van der Waals surface area (Å²) in [5.41, 5.74) is 2.86. The van der Waals surface area contributed by atoms with E-state index < -0.39 is 11.2 Å². The number of H-pyrrole nitrogens is 1. The number of rotatable bonds is 6. The molecule has 0 amide bonds. The molecule has 0 bridgehead atoms. The van der Waals surface area contributed by atoms with E-state index in [2.05, 4.69) is 22.0 Å². The number of nitrogens with zero attached hydrogens (tertiary/aromatic N) is 4. The summed E-state index contributed by atoms with van der Waals surface area (Å²) in [4.78, 5) is 35.7. The summed E-state index contributed by atoms with van der Waals surface area (Å²) >= 11 is 0. The third kappa shape index (κ3) is 4.36. The molecule has 0 unspecified atom stereocenters. The van der Waals surface area contributed by atoms with Gasteiger partial charge in [-0.1, -0.05) is 30.3 Å². The highest BCUT2D eigenvalue weighted by Gasteiger charge is 2.24. The lowest BCUT2D eigenvalue weighted by Crippen LogP contribution is -2.36. The molecule has 0 radical (unpaired) electrons. The zero-order chi connectivity index (χ0) is 24.5. The smallest absolute Gasteiger partial charge is 0.330 e. The minimum atomic E-state index is -0.465. The average Bonchev–Trinajstić information content (AvgIpc) is 3.57. The molecule has 2 aromatic carbocycles. The number of morpholine rings is 1. The molecule has 6 rings (SSSR count). The van der Waals surface area contributed by atoms with E-state index >= 15 is 0 Å². The maximum atomic E-state index is 13.1. The van der Waals surface area contributed by atoms with Crippen LogP contribution >= 0.6 is 0 Å². The molecule has 2 aliphatic heterocycles. The maximum absolute atomic E-state index is 13.1. The van der Waals surface area contributed by atoms with E-state index in [1.54, 1.807) is 4.57 Å². The van der Waals surface area contributed by atoms with Gasteiger partial charge in [0, 0.05) is 30.9 Å². The molecule has 0 spiro atoms. The molecule has 9 heteroatoms. The first-order chi connectivity index (χ1) is 17.7. The summed E-state index contributed by atoms with van der Waals surface area (Å²) in [5, 5.41) is 0. The third-order valence-electron chi connectivity index (χ3n) is 6.98. The van der Waals surface area contributed by atoms with Crippen molar-refractivity contribution in [3.8, 4) is 11.4 Å². The lowest BCUT2D eigenvalue weighted by molar-refractivity contribution is 0.0982. The Morgan fingerprint density at radius 2 is 1.72 bits per heavy atom. The summed E-state index contributed by atoms with van der Waals surface area (Å²) in [6, 6.07) is 17.9. The van der Waals surface area contributed by atoms with Gasteiger partial charge in [-0.05, 0) is 42.7 Å². The third-order valence-corrected chi connectivity index (χ3v) is 6.98. The van der Waals surface area contributed by atoms with Crippen LogP contribution in [0.2, 0.25) is 0 Å². The first-order valence-electron chi connectivity index (χ1n) is 12.5. The van der Waals surface area contributed by atoms with E-state index in [1.807, 2.05) is 47.0 Å². The predicted molar refractivity (Wildman–Crippen MR) is 138 cm³/mol. The van der Waals surface area contributed by atoms with Gasteiger partial charge in [0.15, 0.2) is 11.2 Å². The lowest BCUT2D eigenvalue weighted by atomic mass is 10.1. The van der Waals surface area contributed by atoms with Crippen molar-refractivity contribution in [2.24, 2.45) is 0 Å². The van der Waals surface area contributed by atoms with Crippen LogP contribution in [0.1, 0.15) is 18.4 Å². The highest BCUT2D eigenvalue weighted by Crippen LogP contribution is 2.28. The summed E-state index contributed by atoms with van der Waals surface area (Å²) in [5.74, 6) is 0.659. The summed E-state index contributed by atoms with van der Waals surface area (Å²) in [6.07, 6.45) is 1.93. The Bertz CT molecular complexity index is 1460. The number of nitrogens with one attached hydrogen (secondary N) is 1. The van der Waals surface area contributed by atoms with Crippen LogP contribution in [0, 0.1) is 0 Å². The number of aromatic amines is 1. The molecule has 4 aromatic rings. The topological polar surface area (TPSA) is 94.4 Å². The van der Waals surface area contributed by atoms with Crippen molar-refractivity contribution in [1.82, 2.24) is 19.1 Å². The van der Waals surface area contributed by atoms with Crippen LogP contribution in [0.15, 0.2) is 64.2 Å². The van der Waals surface area contributed by atoms with E-state index in [0.717, 1.165) is 62.6 Å². The highest BCUT2D eigenvalue weighted by molar-refractivity contribution is 5.77. The van der Waals surface area contributed by atoms with Gasteiger partial charge in [0.05, 0.1) is 32.4 Å².